The monoisotopic (exact) mass is 457 g/mol. The summed E-state index contributed by atoms with van der Waals surface area (Å²) in [6.45, 7) is 3.53. The van der Waals surface area contributed by atoms with Gasteiger partial charge in [0.15, 0.2) is 0 Å². The number of amides is 1. The molecule has 32 heavy (non-hydrogen) atoms. The predicted molar refractivity (Wildman–Crippen MR) is 126 cm³/mol. The summed E-state index contributed by atoms with van der Waals surface area (Å²) in [5, 5.41) is 23.6. The van der Waals surface area contributed by atoms with Crippen LogP contribution in [0.4, 0.5) is 0 Å². The van der Waals surface area contributed by atoms with E-state index in [2.05, 4.69) is 30.4 Å². The van der Waals surface area contributed by atoms with Crippen LogP contribution in [0.2, 0.25) is 5.02 Å². The second-order valence-corrected chi connectivity index (χ2v) is 9.94. The van der Waals surface area contributed by atoms with Crippen LogP contribution in [0.25, 0.3) is 0 Å². The number of halogens is 1. The predicted octanol–water partition coefficient (Wildman–Crippen LogP) is 4.48. The largest absolute Gasteiger partial charge is 0.507 e. The summed E-state index contributed by atoms with van der Waals surface area (Å²) in [5.41, 5.74) is 8.61. The number of phenolic OH excluding ortho intramolecular Hbond substituents is 2. The van der Waals surface area contributed by atoms with Gasteiger partial charge in [-0.1, -0.05) is 35.9 Å². The van der Waals surface area contributed by atoms with Gasteiger partial charge in [0.1, 0.15) is 11.5 Å². The van der Waals surface area contributed by atoms with E-state index in [1.165, 1.54) is 11.6 Å². The second-order valence-electron chi connectivity index (χ2n) is 9.53. The zero-order valence-corrected chi connectivity index (χ0v) is 19.2. The van der Waals surface area contributed by atoms with Crippen LogP contribution in [0.3, 0.4) is 0 Å². The van der Waals surface area contributed by atoms with Gasteiger partial charge in [0, 0.05) is 30.7 Å². The summed E-state index contributed by atoms with van der Waals surface area (Å²) < 4.78 is 0. The van der Waals surface area contributed by atoms with Crippen molar-refractivity contribution in [2.24, 2.45) is 5.73 Å². The Morgan fingerprint density at radius 1 is 1.19 bits per heavy atom. The van der Waals surface area contributed by atoms with Crippen LogP contribution in [-0.2, 0) is 6.54 Å². The molecule has 0 aromatic heterocycles. The molecule has 1 saturated carbocycles. The maximum atomic E-state index is 13.2. The van der Waals surface area contributed by atoms with Crippen molar-refractivity contribution in [3.8, 4) is 11.5 Å². The van der Waals surface area contributed by atoms with E-state index < -0.39 is 0 Å². The molecule has 172 valence electrons. The Morgan fingerprint density at radius 2 is 1.94 bits per heavy atom. The first-order valence-electron chi connectivity index (χ1n) is 11.4. The van der Waals surface area contributed by atoms with E-state index in [1.807, 2.05) is 6.07 Å². The Balaban J connectivity index is 1.45. The zero-order chi connectivity index (χ0) is 22.9. The number of carbonyl (C=O) groups is 1. The first-order valence-corrected chi connectivity index (χ1v) is 11.7. The number of nitrogens with two attached hydrogens (primary N) is 1. The van der Waals surface area contributed by atoms with E-state index in [0.717, 1.165) is 56.7 Å². The molecule has 0 radical (unpaired) electrons. The molecule has 7 heteroatoms. The highest BCUT2D eigenvalue weighted by atomic mass is 35.5. The van der Waals surface area contributed by atoms with Crippen LogP contribution < -0.4 is 11.1 Å². The lowest BCUT2D eigenvalue weighted by molar-refractivity contribution is 0.0732. The fourth-order valence-corrected chi connectivity index (χ4v) is 5.05. The number of hydrogen-bond donors (Lipinski definition) is 4. The van der Waals surface area contributed by atoms with Crippen molar-refractivity contribution in [1.29, 1.82) is 0 Å². The molecule has 0 spiro atoms. The number of phenols is 2. The molecule has 1 saturated heterocycles. The molecule has 2 aromatic carbocycles. The Labute approximate surface area is 194 Å². The van der Waals surface area contributed by atoms with Gasteiger partial charge in [-0.25, -0.2) is 0 Å². The lowest BCUT2D eigenvalue weighted by Crippen LogP contribution is -2.44. The van der Waals surface area contributed by atoms with Crippen LogP contribution in [0.15, 0.2) is 36.4 Å². The van der Waals surface area contributed by atoms with E-state index in [9.17, 15) is 15.0 Å². The minimum absolute atomic E-state index is 0.0350. The van der Waals surface area contributed by atoms with Crippen LogP contribution in [0.1, 0.15) is 73.0 Å². The van der Waals surface area contributed by atoms with Crippen molar-refractivity contribution < 1.29 is 15.0 Å². The molecule has 1 amide bonds. The van der Waals surface area contributed by atoms with Gasteiger partial charge in [0.05, 0.1) is 16.6 Å². The average molecular weight is 458 g/mol. The molecule has 1 aliphatic heterocycles. The van der Waals surface area contributed by atoms with E-state index in [-0.39, 0.29) is 39.6 Å². The van der Waals surface area contributed by atoms with E-state index >= 15 is 0 Å². The standard InChI is InChI=1S/C25H32ClN3O3/c1-25(27)9-7-18(8-10-25)28-15-16-4-2-5-17(12-16)21-6-3-11-29(21)24(32)19-13-20(26)23(31)14-22(19)30/h2,4-5,12-14,18,21,28,30-31H,3,6-11,15,27H2,1H3. The molecular formula is C25H32ClN3O3. The van der Waals surface area contributed by atoms with Crippen molar-refractivity contribution in [3.05, 3.63) is 58.1 Å². The third-order valence-electron chi connectivity index (χ3n) is 6.87. The number of aromatic hydroxyl groups is 2. The smallest absolute Gasteiger partial charge is 0.258 e. The van der Waals surface area contributed by atoms with Crippen molar-refractivity contribution >= 4 is 17.5 Å². The van der Waals surface area contributed by atoms with Gasteiger partial charge in [-0.3, -0.25) is 4.79 Å². The van der Waals surface area contributed by atoms with Crippen LogP contribution in [0.5, 0.6) is 11.5 Å². The molecule has 1 heterocycles. The minimum atomic E-state index is -0.275. The second kappa shape index (κ2) is 9.30. The number of benzene rings is 2. The SMILES string of the molecule is CC1(N)CCC(NCc2cccc(C3CCCN3C(=O)c3cc(Cl)c(O)cc3O)c2)CC1. The van der Waals surface area contributed by atoms with Gasteiger partial charge in [-0.05, 0) is 62.6 Å². The summed E-state index contributed by atoms with van der Waals surface area (Å²) in [6.07, 6.45) is 6.03. The van der Waals surface area contributed by atoms with Crippen LogP contribution in [0, 0.1) is 0 Å². The molecule has 1 unspecified atom stereocenters. The Morgan fingerprint density at radius 3 is 2.69 bits per heavy atom. The maximum Gasteiger partial charge on any atom is 0.258 e. The maximum absolute atomic E-state index is 13.2. The van der Waals surface area contributed by atoms with Gasteiger partial charge in [0.2, 0.25) is 0 Å². The van der Waals surface area contributed by atoms with Crippen molar-refractivity contribution in [2.75, 3.05) is 6.54 Å². The molecule has 6 nitrogen and oxygen atoms in total. The summed E-state index contributed by atoms with van der Waals surface area (Å²) in [7, 11) is 0. The fourth-order valence-electron chi connectivity index (χ4n) is 4.89. The lowest BCUT2D eigenvalue weighted by atomic mass is 9.81. The highest BCUT2D eigenvalue weighted by Gasteiger charge is 2.32. The normalized spacial score (nSPS) is 25.8. The summed E-state index contributed by atoms with van der Waals surface area (Å²) in [4.78, 5) is 15.0. The molecule has 2 aliphatic rings. The molecule has 1 atom stereocenters. The van der Waals surface area contributed by atoms with Crippen molar-refractivity contribution in [2.45, 2.75) is 69.6 Å². The van der Waals surface area contributed by atoms with E-state index in [1.54, 1.807) is 4.90 Å². The van der Waals surface area contributed by atoms with Gasteiger partial charge in [-0.2, -0.15) is 0 Å². The Hall–Kier alpha value is -2.28. The van der Waals surface area contributed by atoms with Crippen LogP contribution in [-0.4, -0.2) is 39.1 Å². The number of carbonyl (C=O) groups excluding carboxylic acids is 1. The molecule has 2 aromatic rings. The average Bonchev–Trinajstić information content (AvgIpc) is 3.25. The molecule has 4 rings (SSSR count). The highest BCUT2D eigenvalue weighted by molar-refractivity contribution is 6.32. The zero-order valence-electron chi connectivity index (χ0n) is 18.5. The molecule has 1 aliphatic carbocycles. The summed E-state index contributed by atoms with van der Waals surface area (Å²) >= 11 is 5.98. The van der Waals surface area contributed by atoms with Crippen molar-refractivity contribution in [3.63, 3.8) is 0 Å². The molecular weight excluding hydrogens is 426 g/mol. The molecule has 0 bridgehead atoms. The van der Waals surface area contributed by atoms with Gasteiger partial charge >= 0.3 is 0 Å². The molecule has 2 fully saturated rings. The third-order valence-corrected chi connectivity index (χ3v) is 7.17. The first kappa shape index (κ1) is 22.9. The molecule has 5 N–H and O–H groups in total. The first-order chi connectivity index (χ1) is 15.2. The third kappa shape index (κ3) is 5.03. The summed E-state index contributed by atoms with van der Waals surface area (Å²) in [5.74, 6) is -0.781. The van der Waals surface area contributed by atoms with Gasteiger partial charge in [-0.15, -0.1) is 0 Å². The van der Waals surface area contributed by atoms with Crippen molar-refractivity contribution in [1.82, 2.24) is 10.2 Å². The minimum Gasteiger partial charge on any atom is -0.507 e. The number of nitrogens with one attached hydrogen (secondary N) is 1. The fraction of sp³-hybridized carbons (Fsp3) is 0.480. The number of nitrogens with zero attached hydrogens (tertiary/aromatic N) is 1. The Bertz CT molecular complexity index is 984. The van der Waals surface area contributed by atoms with E-state index in [0.29, 0.717) is 12.6 Å². The van der Waals surface area contributed by atoms with Gasteiger partial charge in [0.25, 0.3) is 5.91 Å². The summed E-state index contributed by atoms with van der Waals surface area (Å²) in [6, 6.07) is 11.3. The number of rotatable bonds is 5. The topological polar surface area (TPSA) is 98.8 Å². The van der Waals surface area contributed by atoms with Gasteiger partial charge < -0.3 is 26.2 Å². The highest BCUT2D eigenvalue weighted by Crippen LogP contribution is 2.37. The number of likely N-dealkylation sites (tertiary alicyclic amines) is 1. The number of hydrogen-bond acceptors (Lipinski definition) is 5. The lowest BCUT2D eigenvalue weighted by Gasteiger charge is -2.34. The Kier molecular flexibility index (Phi) is 6.65. The quantitative estimate of drug-likeness (QED) is 0.530. The van der Waals surface area contributed by atoms with Crippen LogP contribution >= 0.6 is 11.6 Å². The van der Waals surface area contributed by atoms with E-state index in [4.69, 9.17) is 17.3 Å².